The van der Waals surface area contributed by atoms with Gasteiger partial charge in [-0.2, -0.15) is 0 Å². The molecule has 0 aliphatic heterocycles. The lowest BCUT2D eigenvalue weighted by Gasteiger charge is -2.18. The molecule has 0 aliphatic carbocycles. The Morgan fingerprint density at radius 2 is 1.76 bits per heavy atom. The minimum atomic E-state index is 0.0800. The van der Waals surface area contributed by atoms with Gasteiger partial charge in [-0.25, -0.2) is 0 Å². The first-order chi connectivity index (χ1) is 11.9. The summed E-state index contributed by atoms with van der Waals surface area (Å²) in [6.45, 7) is 8.62. The molecule has 0 heterocycles. The van der Waals surface area contributed by atoms with Crippen LogP contribution in [0.5, 0.6) is 11.5 Å². The van der Waals surface area contributed by atoms with E-state index >= 15 is 0 Å². The fourth-order valence-corrected chi connectivity index (χ4v) is 2.53. The quantitative estimate of drug-likeness (QED) is 0.712. The highest BCUT2D eigenvalue weighted by Crippen LogP contribution is 2.18. The van der Waals surface area contributed by atoms with E-state index < -0.39 is 0 Å². The predicted molar refractivity (Wildman–Crippen MR) is 108 cm³/mol. The molecular formula is C20H26N2O2S. The molecule has 1 atom stereocenters. The van der Waals surface area contributed by atoms with Gasteiger partial charge >= 0.3 is 0 Å². The standard InChI is InChI=1S/C20H26N2O2S/c1-14(2)24-19-7-5-6-17(12-19)22-20(25)21-16(4)13-23-18-10-8-15(3)9-11-18/h5-12,14,16H,13H2,1-4H3,(H2,21,22,25). The lowest BCUT2D eigenvalue weighted by atomic mass is 10.2. The zero-order valence-electron chi connectivity index (χ0n) is 15.2. The lowest BCUT2D eigenvalue weighted by molar-refractivity contribution is 0.242. The molecule has 5 heteroatoms. The van der Waals surface area contributed by atoms with Crippen LogP contribution in [-0.2, 0) is 0 Å². The van der Waals surface area contributed by atoms with Crippen LogP contribution in [0.15, 0.2) is 48.5 Å². The molecule has 134 valence electrons. The maximum atomic E-state index is 5.77. The van der Waals surface area contributed by atoms with Crippen LogP contribution in [0.25, 0.3) is 0 Å². The summed E-state index contributed by atoms with van der Waals surface area (Å²) in [5.41, 5.74) is 2.11. The van der Waals surface area contributed by atoms with Crippen LogP contribution in [-0.4, -0.2) is 23.9 Å². The summed E-state index contributed by atoms with van der Waals surface area (Å²) in [4.78, 5) is 0. The number of rotatable bonds is 7. The van der Waals surface area contributed by atoms with Gasteiger partial charge in [0, 0.05) is 11.8 Å². The van der Waals surface area contributed by atoms with Gasteiger partial charge in [-0.3, -0.25) is 0 Å². The van der Waals surface area contributed by atoms with Gasteiger partial charge in [-0.1, -0.05) is 23.8 Å². The first-order valence-electron chi connectivity index (χ1n) is 8.46. The van der Waals surface area contributed by atoms with Gasteiger partial charge in [0.05, 0.1) is 12.1 Å². The Morgan fingerprint density at radius 3 is 2.44 bits per heavy atom. The van der Waals surface area contributed by atoms with Crippen LogP contribution < -0.4 is 20.1 Å². The van der Waals surface area contributed by atoms with Crippen LogP contribution in [0.3, 0.4) is 0 Å². The van der Waals surface area contributed by atoms with Crippen LogP contribution in [0.1, 0.15) is 26.3 Å². The number of thiocarbonyl (C=S) groups is 1. The zero-order valence-corrected chi connectivity index (χ0v) is 16.0. The highest BCUT2D eigenvalue weighted by Gasteiger charge is 2.07. The molecule has 0 saturated heterocycles. The van der Waals surface area contributed by atoms with Crippen LogP contribution in [0.4, 0.5) is 5.69 Å². The number of ether oxygens (including phenoxy) is 2. The van der Waals surface area contributed by atoms with E-state index in [1.165, 1.54) is 5.56 Å². The number of anilines is 1. The summed E-state index contributed by atoms with van der Waals surface area (Å²) >= 11 is 5.37. The van der Waals surface area contributed by atoms with Crippen molar-refractivity contribution in [2.45, 2.75) is 39.8 Å². The van der Waals surface area contributed by atoms with Crippen molar-refractivity contribution in [2.24, 2.45) is 0 Å². The van der Waals surface area contributed by atoms with E-state index in [1.807, 2.05) is 69.3 Å². The van der Waals surface area contributed by atoms with Gasteiger partial charge in [0.15, 0.2) is 5.11 Å². The summed E-state index contributed by atoms with van der Waals surface area (Å²) in [6.07, 6.45) is 0.138. The minimum Gasteiger partial charge on any atom is -0.491 e. The third kappa shape index (κ3) is 7.01. The van der Waals surface area contributed by atoms with Crippen LogP contribution in [0.2, 0.25) is 0 Å². The molecule has 2 N–H and O–H groups in total. The number of hydrogen-bond donors (Lipinski definition) is 2. The average molecular weight is 359 g/mol. The fourth-order valence-electron chi connectivity index (χ4n) is 2.21. The molecular weight excluding hydrogens is 332 g/mol. The summed E-state index contributed by atoms with van der Waals surface area (Å²) in [5.74, 6) is 1.68. The van der Waals surface area contributed by atoms with Gasteiger partial charge in [0.2, 0.25) is 0 Å². The maximum Gasteiger partial charge on any atom is 0.171 e. The number of hydrogen-bond acceptors (Lipinski definition) is 3. The van der Waals surface area contributed by atoms with Crippen molar-refractivity contribution in [3.05, 3.63) is 54.1 Å². The Labute approximate surface area is 155 Å². The molecule has 0 spiro atoms. The van der Waals surface area contributed by atoms with Crippen molar-refractivity contribution >= 4 is 23.0 Å². The van der Waals surface area contributed by atoms with E-state index in [2.05, 4.69) is 17.6 Å². The largest absolute Gasteiger partial charge is 0.491 e. The molecule has 0 amide bonds. The Kier molecular flexibility index (Phi) is 7.07. The molecule has 0 aliphatic rings. The predicted octanol–water partition coefficient (Wildman–Crippen LogP) is 4.54. The Hall–Kier alpha value is -2.27. The third-order valence-corrected chi connectivity index (χ3v) is 3.58. The topological polar surface area (TPSA) is 42.5 Å². The highest BCUT2D eigenvalue weighted by molar-refractivity contribution is 7.80. The van der Waals surface area contributed by atoms with Gasteiger partial charge in [-0.15, -0.1) is 0 Å². The molecule has 2 aromatic rings. The smallest absolute Gasteiger partial charge is 0.171 e. The summed E-state index contributed by atoms with van der Waals surface area (Å²) in [5, 5.41) is 6.96. The second-order valence-electron chi connectivity index (χ2n) is 6.32. The van der Waals surface area contributed by atoms with Gasteiger partial charge in [-0.05, 0) is 64.2 Å². The number of benzene rings is 2. The first kappa shape index (κ1) is 19.1. The van der Waals surface area contributed by atoms with Gasteiger partial charge in [0.25, 0.3) is 0 Å². The molecule has 0 radical (unpaired) electrons. The van der Waals surface area contributed by atoms with Crippen molar-refractivity contribution in [2.75, 3.05) is 11.9 Å². The van der Waals surface area contributed by atoms with E-state index in [0.717, 1.165) is 17.2 Å². The van der Waals surface area contributed by atoms with Crippen molar-refractivity contribution in [1.82, 2.24) is 5.32 Å². The SMILES string of the molecule is Cc1ccc(OCC(C)NC(=S)Nc2cccc(OC(C)C)c2)cc1. The molecule has 0 saturated carbocycles. The van der Waals surface area contributed by atoms with Crippen molar-refractivity contribution < 1.29 is 9.47 Å². The molecule has 1 unspecified atom stereocenters. The molecule has 2 aromatic carbocycles. The molecule has 0 aromatic heterocycles. The second kappa shape index (κ2) is 9.28. The lowest BCUT2D eigenvalue weighted by Crippen LogP contribution is -2.39. The summed E-state index contributed by atoms with van der Waals surface area (Å²) in [7, 11) is 0. The van der Waals surface area contributed by atoms with Crippen molar-refractivity contribution in [3.63, 3.8) is 0 Å². The van der Waals surface area contributed by atoms with Crippen molar-refractivity contribution in [1.29, 1.82) is 0 Å². The van der Waals surface area contributed by atoms with Gasteiger partial charge in [0.1, 0.15) is 18.1 Å². The van der Waals surface area contributed by atoms with E-state index in [4.69, 9.17) is 21.7 Å². The first-order valence-corrected chi connectivity index (χ1v) is 8.87. The molecule has 0 fully saturated rings. The second-order valence-corrected chi connectivity index (χ2v) is 6.73. The van der Waals surface area contributed by atoms with Crippen LogP contribution >= 0.6 is 12.2 Å². The number of aryl methyl sites for hydroxylation is 1. The average Bonchev–Trinajstić information content (AvgIpc) is 2.54. The Morgan fingerprint density at radius 1 is 1.04 bits per heavy atom. The van der Waals surface area contributed by atoms with E-state index in [9.17, 15) is 0 Å². The van der Waals surface area contributed by atoms with Crippen LogP contribution in [0, 0.1) is 6.92 Å². The normalized spacial score (nSPS) is 11.7. The van der Waals surface area contributed by atoms with Gasteiger partial charge < -0.3 is 20.1 Å². The Bertz CT molecular complexity index is 686. The molecule has 25 heavy (non-hydrogen) atoms. The molecule has 4 nitrogen and oxygen atoms in total. The highest BCUT2D eigenvalue weighted by atomic mass is 32.1. The maximum absolute atomic E-state index is 5.77. The molecule has 0 bridgehead atoms. The summed E-state index contributed by atoms with van der Waals surface area (Å²) in [6, 6.07) is 15.8. The Balaban J connectivity index is 1.80. The zero-order chi connectivity index (χ0) is 18.2. The number of nitrogens with one attached hydrogen (secondary N) is 2. The fraction of sp³-hybridized carbons (Fsp3) is 0.350. The minimum absolute atomic E-state index is 0.0800. The third-order valence-electron chi connectivity index (χ3n) is 3.36. The van der Waals surface area contributed by atoms with E-state index in [-0.39, 0.29) is 12.1 Å². The van der Waals surface area contributed by atoms with Crippen molar-refractivity contribution in [3.8, 4) is 11.5 Å². The molecule has 2 rings (SSSR count). The van der Waals surface area contributed by atoms with E-state index in [1.54, 1.807) is 0 Å². The summed E-state index contributed by atoms with van der Waals surface area (Å²) < 4.78 is 11.5. The van der Waals surface area contributed by atoms with E-state index in [0.29, 0.717) is 11.7 Å². The monoisotopic (exact) mass is 358 g/mol.